The Labute approximate surface area is 215 Å². The number of barbiturate groups is 1. The number of carbonyl (C=O) groups excluding carboxylic acids is 3. The van der Waals surface area contributed by atoms with Gasteiger partial charge < -0.3 is 9.47 Å². The Bertz CT molecular complexity index is 1800. The molecular formula is C27H21N5O6. The van der Waals surface area contributed by atoms with Crippen LogP contribution >= 0.6 is 0 Å². The van der Waals surface area contributed by atoms with Crippen molar-refractivity contribution in [1.82, 2.24) is 19.7 Å². The fourth-order valence-corrected chi connectivity index (χ4v) is 4.77. The van der Waals surface area contributed by atoms with Gasteiger partial charge in [0, 0.05) is 17.5 Å². The molecule has 0 unspecified atom stereocenters. The zero-order valence-corrected chi connectivity index (χ0v) is 20.6. The highest BCUT2D eigenvalue weighted by molar-refractivity contribution is 6.39. The lowest BCUT2D eigenvalue weighted by Crippen LogP contribution is -2.54. The molecule has 11 nitrogen and oxygen atoms in total. The van der Waals surface area contributed by atoms with Crippen molar-refractivity contribution in [3.63, 3.8) is 0 Å². The molecular weight excluding hydrogens is 490 g/mol. The van der Waals surface area contributed by atoms with E-state index in [1.807, 2.05) is 6.07 Å². The number of nitrogens with one attached hydrogen (secondary N) is 1. The third-order valence-corrected chi connectivity index (χ3v) is 6.57. The van der Waals surface area contributed by atoms with Crippen LogP contribution in [0.4, 0.5) is 10.5 Å². The van der Waals surface area contributed by atoms with Crippen LogP contribution in [0.3, 0.4) is 0 Å². The number of carbonyl (C=O) groups is 3. The fourth-order valence-electron chi connectivity index (χ4n) is 4.77. The molecule has 1 fully saturated rings. The Morgan fingerprint density at radius 1 is 0.921 bits per heavy atom. The molecule has 4 heterocycles. The van der Waals surface area contributed by atoms with E-state index in [1.54, 1.807) is 55.8 Å². The smallest absolute Gasteiger partial charge is 0.335 e. The van der Waals surface area contributed by atoms with Gasteiger partial charge in [0.05, 0.1) is 16.6 Å². The van der Waals surface area contributed by atoms with Crippen LogP contribution in [0.25, 0.3) is 17.0 Å². The SMILES string of the molecule is Cc1cc(C=C2C(=O)NC(=O)N(c3ccc4c(c3)OCO4)C2=O)c(C)n1-n1c(C)nc2ccccc2c1=O. The second-order valence-electron chi connectivity index (χ2n) is 8.93. The molecule has 0 aliphatic carbocycles. The first kappa shape index (κ1) is 23.2. The second-order valence-corrected chi connectivity index (χ2v) is 8.93. The van der Waals surface area contributed by atoms with Gasteiger partial charge in [-0.25, -0.2) is 14.7 Å². The molecule has 2 aromatic carbocycles. The van der Waals surface area contributed by atoms with E-state index in [2.05, 4.69) is 10.3 Å². The number of benzene rings is 2. The van der Waals surface area contributed by atoms with Crippen LogP contribution in [0.15, 0.2) is 58.9 Å². The summed E-state index contributed by atoms with van der Waals surface area (Å²) in [4.78, 5) is 57.6. The molecule has 0 radical (unpaired) electrons. The summed E-state index contributed by atoms with van der Waals surface area (Å²) in [6.45, 7) is 5.35. The first-order valence-corrected chi connectivity index (χ1v) is 11.7. The lowest BCUT2D eigenvalue weighted by atomic mass is 10.1. The average molecular weight is 511 g/mol. The minimum atomic E-state index is -0.870. The molecule has 4 aromatic rings. The molecule has 11 heteroatoms. The number of imide groups is 2. The van der Waals surface area contributed by atoms with Gasteiger partial charge in [-0.3, -0.25) is 24.4 Å². The quantitative estimate of drug-likeness (QED) is 0.331. The molecule has 4 amide bonds. The van der Waals surface area contributed by atoms with Crippen molar-refractivity contribution in [2.75, 3.05) is 11.7 Å². The maximum atomic E-state index is 13.4. The number of hydrogen-bond donors (Lipinski definition) is 1. The number of anilines is 1. The van der Waals surface area contributed by atoms with Crippen molar-refractivity contribution in [2.24, 2.45) is 0 Å². The molecule has 38 heavy (non-hydrogen) atoms. The highest BCUT2D eigenvalue weighted by Crippen LogP contribution is 2.36. The van der Waals surface area contributed by atoms with E-state index in [0.717, 1.165) is 4.90 Å². The summed E-state index contributed by atoms with van der Waals surface area (Å²) >= 11 is 0. The largest absolute Gasteiger partial charge is 0.454 e. The highest BCUT2D eigenvalue weighted by Gasteiger charge is 2.37. The third-order valence-electron chi connectivity index (χ3n) is 6.57. The van der Waals surface area contributed by atoms with Crippen LogP contribution in [0.2, 0.25) is 0 Å². The zero-order valence-electron chi connectivity index (χ0n) is 20.6. The maximum absolute atomic E-state index is 13.4. The number of para-hydroxylation sites is 1. The van der Waals surface area contributed by atoms with Crippen molar-refractivity contribution in [1.29, 1.82) is 0 Å². The first-order valence-electron chi connectivity index (χ1n) is 11.7. The molecule has 0 saturated carbocycles. The fraction of sp³-hybridized carbons (Fsp3) is 0.148. The topological polar surface area (TPSA) is 125 Å². The molecule has 190 valence electrons. The Kier molecular flexibility index (Phi) is 5.16. The Balaban J connectivity index is 1.44. The first-order chi connectivity index (χ1) is 18.2. The molecule has 2 aromatic heterocycles. The van der Waals surface area contributed by atoms with E-state index in [9.17, 15) is 19.2 Å². The van der Waals surface area contributed by atoms with Crippen LogP contribution in [0, 0.1) is 20.8 Å². The predicted molar refractivity (Wildman–Crippen MR) is 137 cm³/mol. The van der Waals surface area contributed by atoms with Crippen LogP contribution in [-0.4, -0.2) is 39.0 Å². The van der Waals surface area contributed by atoms with Crippen molar-refractivity contribution >= 4 is 40.5 Å². The number of amides is 4. The van der Waals surface area contributed by atoms with E-state index < -0.39 is 17.8 Å². The lowest BCUT2D eigenvalue weighted by Gasteiger charge is -2.26. The van der Waals surface area contributed by atoms with Crippen LogP contribution in [0.1, 0.15) is 22.8 Å². The van der Waals surface area contributed by atoms with Crippen LogP contribution < -0.4 is 25.2 Å². The molecule has 1 saturated heterocycles. The van der Waals surface area contributed by atoms with Gasteiger partial charge in [-0.05, 0) is 62.7 Å². The number of nitrogens with zero attached hydrogens (tertiary/aromatic N) is 4. The van der Waals surface area contributed by atoms with Crippen molar-refractivity contribution in [3.8, 4) is 11.5 Å². The minimum Gasteiger partial charge on any atom is -0.454 e. The molecule has 1 N–H and O–H groups in total. The average Bonchev–Trinajstić information content (AvgIpc) is 3.46. The Hall–Kier alpha value is -5.19. The number of aromatic nitrogens is 3. The van der Waals surface area contributed by atoms with Gasteiger partial charge in [0.25, 0.3) is 17.4 Å². The van der Waals surface area contributed by atoms with E-state index in [0.29, 0.717) is 45.2 Å². The molecule has 0 spiro atoms. The summed E-state index contributed by atoms with van der Waals surface area (Å²) in [5, 5.41) is 2.69. The van der Waals surface area contributed by atoms with Gasteiger partial charge in [-0.2, -0.15) is 4.68 Å². The molecule has 2 aliphatic rings. The van der Waals surface area contributed by atoms with Crippen LogP contribution in [-0.2, 0) is 9.59 Å². The van der Waals surface area contributed by atoms with Gasteiger partial charge in [0.15, 0.2) is 11.5 Å². The zero-order chi connectivity index (χ0) is 26.7. The molecule has 2 aliphatic heterocycles. The van der Waals surface area contributed by atoms with Gasteiger partial charge in [-0.1, -0.05) is 12.1 Å². The Morgan fingerprint density at radius 3 is 2.50 bits per heavy atom. The van der Waals surface area contributed by atoms with Crippen LogP contribution in [0.5, 0.6) is 11.5 Å². The van der Waals surface area contributed by atoms with E-state index in [-0.39, 0.29) is 23.6 Å². The minimum absolute atomic E-state index is 0.0352. The van der Waals surface area contributed by atoms with Crippen molar-refractivity contribution in [2.45, 2.75) is 20.8 Å². The van der Waals surface area contributed by atoms with E-state index >= 15 is 0 Å². The van der Waals surface area contributed by atoms with Gasteiger partial charge in [0.2, 0.25) is 6.79 Å². The molecule has 6 rings (SSSR count). The maximum Gasteiger partial charge on any atom is 0.335 e. The number of aryl methyl sites for hydroxylation is 2. The summed E-state index contributed by atoms with van der Waals surface area (Å²) in [7, 11) is 0. The standard InChI is InChI=1S/C27H21N5O6/c1-14-10-17(15(2)31(14)32-16(3)28-21-7-5-4-6-19(21)26(32)35)11-20-24(33)29-27(36)30(25(20)34)18-8-9-22-23(12-18)38-13-37-22/h4-12H,13H2,1-3H3,(H,29,33,36). The number of hydrogen-bond acceptors (Lipinski definition) is 7. The third kappa shape index (κ3) is 3.47. The van der Waals surface area contributed by atoms with Gasteiger partial charge >= 0.3 is 6.03 Å². The van der Waals surface area contributed by atoms with Gasteiger partial charge in [-0.15, -0.1) is 0 Å². The van der Waals surface area contributed by atoms with Gasteiger partial charge in [0.1, 0.15) is 11.4 Å². The summed E-state index contributed by atoms with van der Waals surface area (Å²) in [5.74, 6) is -0.253. The van der Waals surface area contributed by atoms with E-state index in [4.69, 9.17) is 9.47 Å². The summed E-state index contributed by atoms with van der Waals surface area (Å²) in [5.41, 5.74) is 2.15. The molecule has 0 atom stereocenters. The highest BCUT2D eigenvalue weighted by atomic mass is 16.7. The van der Waals surface area contributed by atoms with E-state index in [1.165, 1.54) is 22.9 Å². The molecule has 0 bridgehead atoms. The van der Waals surface area contributed by atoms with Crippen molar-refractivity contribution in [3.05, 3.63) is 87.2 Å². The second kappa shape index (κ2) is 8.44. The Morgan fingerprint density at radius 2 is 1.68 bits per heavy atom. The number of rotatable bonds is 3. The number of ether oxygens (including phenoxy) is 2. The lowest BCUT2D eigenvalue weighted by molar-refractivity contribution is -0.122. The summed E-state index contributed by atoms with van der Waals surface area (Å²) in [6.07, 6.45) is 1.41. The normalized spacial score (nSPS) is 16.0. The number of fused-ring (bicyclic) bond motifs is 2. The monoisotopic (exact) mass is 511 g/mol. The summed E-state index contributed by atoms with van der Waals surface area (Å²) < 4.78 is 13.8. The predicted octanol–water partition coefficient (Wildman–Crippen LogP) is 2.83. The number of urea groups is 1. The summed E-state index contributed by atoms with van der Waals surface area (Å²) in [6, 6.07) is 12.6. The van der Waals surface area contributed by atoms with Crippen molar-refractivity contribution < 1.29 is 23.9 Å².